The molecule has 9 heteroatoms. The van der Waals surface area contributed by atoms with Crippen molar-refractivity contribution >= 4 is 56.3 Å². The number of nitrogens with one attached hydrogen (secondary N) is 1. The Hall–Kier alpha value is -1.87. The van der Waals surface area contributed by atoms with E-state index in [0.717, 1.165) is 26.8 Å². The zero-order valence-corrected chi connectivity index (χ0v) is 15.6. The van der Waals surface area contributed by atoms with Gasteiger partial charge in [-0.15, -0.1) is 0 Å². The summed E-state index contributed by atoms with van der Waals surface area (Å²) in [6, 6.07) is 7.36. The Morgan fingerprint density at radius 3 is 2.68 bits per heavy atom. The Labute approximate surface area is 157 Å². The van der Waals surface area contributed by atoms with Crippen LogP contribution >= 0.6 is 27.7 Å². The van der Waals surface area contributed by atoms with Gasteiger partial charge in [-0.05, 0) is 28.1 Å². The van der Waals surface area contributed by atoms with E-state index in [1.165, 1.54) is 0 Å². The Morgan fingerprint density at radius 2 is 2.00 bits per heavy atom. The fraction of sp³-hybridized carbons (Fsp3) is 0.375. The summed E-state index contributed by atoms with van der Waals surface area (Å²) in [7, 11) is 0. The lowest BCUT2D eigenvalue weighted by atomic mass is 10.1. The van der Waals surface area contributed by atoms with Gasteiger partial charge in [-0.2, -0.15) is 0 Å². The van der Waals surface area contributed by atoms with Crippen LogP contribution in [0.3, 0.4) is 0 Å². The van der Waals surface area contributed by atoms with Gasteiger partial charge in [0.2, 0.25) is 17.7 Å². The zero-order valence-electron chi connectivity index (χ0n) is 13.2. The third-order valence-electron chi connectivity index (χ3n) is 4.11. The second-order valence-electron chi connectivity index (χ2n) is 5.75. The van der Waals surface area contributed by atoms with Crippen molar-refractivity contribution in [1.82, 2.24) is 10.2 Å². The third kappa shape index (κ3) is 3.87. The van der Waals surface area contributed by atoms with Crippen molar-refractivity contribution in [2.24, 2.45) is 5.92 Å². The molecule has 132 valence electrons. The number of halogens is 1. The number of benzene rings is 1. The summed E-state index contributed by atoms with van der Waals surface area (Å²) in [6.45, 7) is 0.659. The van der Waals surface area contributed by atoms with Crippen LogP contribution in [-0.4, -0.2) is 53.2 Å². The molecule has 1 aromatic rings. The molecular formula is C16H16BrN3O4S. The first kappa shape index (κ1) is 17.9. The third-order valence-corrected chi connectivity index (χ3v) is 5.64. The van der Waals surface area contributed by atoms with Crippen LogP contribution in [0.5, 0.6) is 0 Å². The summed E-state index contributed by atoms with van der Waals surface area (Å²) >= 11 is 4.38. The molecule has 0 bridgehead atoms. The molecule has 2 heterocycles. The number of hydrogen-bond donors (Lipinski definition) is 1. The number of hydrogen-bond acceptors (Lipinski definition) is 5. The normalized spacial score (nSPS) is 20.5. The molecule has 0 aromatic heterocycles. The first-order chi connectivity index (χ1) is 12.0. The molecular weight excluding hydrogens is 410 g/mol. The maximum absolute atomic E-state index is 12.3. The molecule has 25 heavy (non-hydrogen) atoms. The molecule has 2 saturated heterocycles. The summed E-state index contributed by atoms with van der Waals surface area (Å²) < 4.78 is 0.799. The van der Waals surface area contributed by atoms with E-state index in [4.69, 9.17) is 0 Å². The monoisotopic (exact) mass is 425 g/mol. The maximum atomic E-state index is 12.3. The van der Waals surface area contributed by atoms with Crippen LogP contribution in [0.15, 0.2) is 28.7 Å². The highest BCUT2D eigenvalue weighted by Crippen LogP contribution is 2.31. The highest BCUT2D eigenvalue weighted by molar-refractivity contribution is 9.10. The van der Waals surface area contributed by atoms with E-state index >= 15 is 0 Å². The van der Waals surface area contributed by atoms with E-state index in [-0.39, 0.29) is 48.2 Å². The van der Waals surface area contributed by atoms with Crippen molar-refractivity contribution in [3.05, 3.63) is 28.7 Å². The molecule has 1 atom stereocenters. The fourth-order valence-electron chi connectivity index (χ4n) is 2.82. The highest BCUT2D eigenvalue weighted by Gasteiger charge is 2.36. The molecule has 0 aliphatic carbocycles. The van der Waals surface area contributed by atoms with Crippen LogP contribution in [0.4, 0.5) is 10.5 Å². The van der Waals surface area contributed by atoms with Crippen LogP contribution in [0.25, 0.3) is 0 Å². The smallest absolute Gasteiger partial charge is 0.288 e. The molecule has 0 saturated carbocycles. The molecule has 2 aliphatic heterocycles. The van der Waals surface area contributed by atoms with Gasteiger partial charge >= 0.3 is 0 Å². The molecule has 0 radical (unpaired) electrons. The molecule has 1 N–H and O–H groups in total. The second-order valence-corrected chi connectivity index (χ2v) is 7.53. The molecule has 1 aromatic carbocycles. The van der Waals surface area contributed by atoms with Gasteiger partial charge in [0.05, 0.1) is 17.4 Å². The number of nitrogens with zero attached hydrogens (tertiary/aromatic N) is 2. The van der Waals surface area contributed by atoms with Crippen molar-refractivity contribution in [3.63, 3.8) is 0 Å². The number of carbonyl (C=O) groups is 4. The first-order valence-corrected chi connectivity index (χ1v) is 9.55. The van der Waals surface area contributed by atoms with E-state index in [1.54, 1.807) is 4.90 Å². The van der Waals surface area contributed by atoms with Crippen molar-refractivity contribution in [3.8, 4) is 0 Å². The minimum atomic E-state index is -0.445. The summed E-state index contributed by atoms with van der Waals surface area (Å²) in [6.07, 6.45) is 0.143. The Balaban J connectivity index is 1.54. The summed E-state index contributed by atoms with van der Waals surface area (Å²) in [5, 5.41) is 2.43. The minimum absolute atomic E-state index is 0.103. The van der Waals surface area contributed by atoms with E-state index in [9.17, 15) is 19.2 Å². The van der Waals surface area contributed by atoms with Crippen molar-refractivity contribution < 1.29 is 19.2 Å². The van der Waals surface area contributed by atoms with Gasteiger partial charge < -0.3 is 10.2 Å². The Morgan fingerprint density at radius 1 is 1.24 bits per heavy atom. The highest BCUT2D eigenvalue weighted by atomic mass is 79.9. The molecule has 2 aliphatic rings. The predicted molar refractivity (Wildman–Crippen MR) is 97.2 cm³/mol. The number of carbonyl (C=O) groups excluding carboxylic acids is 4. The molecule has 4 amide bonds. The zero-order chi connectivity index (χ0) is 18.0. The van der Waals surface area contributed by atoms with Gasteiger partial charge in [-0.1, -0.05) is 23.9 Å². The molecule has 1 unspecified atom stereocenters. The van der Waals surface area contributed by atoms with Crippen LogP contribution in [0.1, 0.15) is 6.42 Å². The standard InChI is InChI=1S/C16H16BrN3O4S/c17-11-3-1-2-4-12(11)20-8-10(7-13(20)21)15(23)18-5-6-19-14(22)9-25-16(19)24/h1-4,10H,5-9H2,(H,18,23). The van der Waals surface area contributed by atoms with Gasteiger partial charge in [0, 0.05) is 30.5 Å². The lowest BCUT2D eigenvalue weighted by molar-refractivity contribution is -0.127. The van der Waals surface area contributed by atoms with Gasteiger partial charge in [-0.25, -0.2) is 0 Å². The van der Waals surface area contributed by atoms with Gasteiger partial charge in [0.1, 0.15) is 0 Å². The summed E-state index contributed by atoms with van der Waals surface area (Å²) in [5.74, 6) is -0.868. The largest absolute Gasteiger partial charge is 0.354 e. The van der Waals surface area contributed by atoms with Crippen molar-refractivity contribution in [1.29, 1.82) is 0 Å². The number of thioether (sulfide) groups is 1. The average Bonchev–Trinajstić information content (AvgIpc) is 3.12. The van der Waals surface area contributed by atoms with Gasteiger partial charge in [0.25, 0.3) is 5.24 Å². The Bertz CT molecular complexity index is 726. The number of amides is 4. The predicted octanol–water partition coefficient (Wildman–Crippen LogP) is 1.61. The van der Waals surface area contributed by atoms with Crippen LogP contribution in [0, 0.1) is 5.92 Å². The van der Waals surface area contributed by atoms with Gasteiger partial charge in [0.15, 0.2) is 0 Å². The first-order valence-electron chi connectivity index (χ1n) is 7.77. The average molecular weight is 426 g/mol. The van der Waals surface area contributed by atoms with Crippen LogP contribution in [-0.2, 0) is 14.4 Å². The molecule has 7 nitrogen and oxygen atoms in total. The lowest BCUT2D eigenvalue weighted by Crippen LogP contribution is -2.40. The summed E-state index contributed by atoms with van der Waals surface area (Å²) in [4.78, 5) is 50.3. The minimum Gasteiger partial charge on any atom is -0.354 e. The fourth-order valence-corrected chi connectivity index (χ4v) is 4.07. The number of para-hydroxylation sites is 1. The molecule has 2 fully saturated rings. The SMILES string of the molecule is O=C(NCCN1C(=O)CSC1=O)C1CC(=O)N(c2ccccc2Br)C1. The lowest BCUT2D eigenvalue weighted by Gasteiger charge is -2.18. The quantitative estimate of drug-likeness (QED) is 0.774. The molecule has 3 rings (SSSR count). The topological polar surface area (TPSA) is 86.8 Å². The maximum Gasteiger partial charge on any atom is 0.288 e. The van der Waals surface area contributed by atoms with E-state index < -0.39 is 5.92 Å². The summed E-state index contributed by atoms with van der Waals surface area (Å²) in [5.41, 5.74) is 0.744. The van der Waals surface area contributed by atoms with E-state index in [2.05, 4.69) is 21.2 Å². The number of rotatable bonds is 5. The van der Waals surface area contributed by atoms with Crippen molar-refractivity contribution in [2.45, 2.75) is 6.42 Å². The number of imide groups is 1. The second kappa shape index (κ2) is 7.57. The van der Waals surface area contributed by atoms with E-state index in [1.807, 2.05) is 24.3 Å². The van der Waals surface area contributed by atoms with Crippen LogP contribution in [0.2, 0.25) is 0 Å². The van der Waals surface area contributed by atoms with Gasteiger partial charge in [-0.3, -0.25) is 24.1 Å². The molecule has 0 spiro atoms. The Kier molecular flexibility index (Phi) is 5.43. The van der Waals surface area contributed by atoms with E-state index in [0.29, 0.717) is 6.54 Å². The number of anilines is 1. The van der Waals surface area contributed by atoms with Crippen molar-refractivity contribution in [2.75, 3.05) is 30.3 Å². The van der Waals surface area contributed by atoms with Crippen LogP contribution < -0.4 is 10.2 Å².